The molecule has 1 fully saturated rings. The Morgan fingerprint density at radius 1 is 0.824 bits per heavy atom. The average molecular weight is 458 g/mol. The molecule has 0 aromatic heterocycles. The zero-order valence-corrected chi connectivity index (χ0v) is 19.2. The number of likely N-dealkylation sites (tertiary alicyclic amines) is 1. The number of hydrogen-bond donors (Lipinski definition) is 1. The Balaban J connectivity index is 1.79. The van der Waals surface area contributed by atoms with Gasteiger partial charge in [0.05, 0.1) is 24.8 Å². The van der Waals surface area contributed by atoms with Crippen molar-refractivity contribution in [1.29, 1.82) is 0 Å². The fourth-order valence-corrected chi connectivity index (χ4v) is 4.11. The van der Waals surface area contributed by atoms with Crippen LogP contribution in [0.3, 0.4) is 0 Å². The number of hydrogen-bond acceptors (Lipinski definition) is 5. The van der Waals surface area contributed by atoms with E-state index in [1.54, 1.807) is 36.4 Å². The second kappa shape index (κ2) is 10.3. The first-order chi connectivity index (χ1) is 16.5. The summed E-state index contributed by atoms with van der Waals surface area (Å²) in [6, 6.07) is 22.8. The topological polar surface area (TPSA) is 76.1 Å². The van der Waals surface area contributed by atoms with E-state index in [1.165, 1.54) is 4.90 Å². The summed E-state index contributed by atoms with van der Waals surface area (Å²) in [5, 5.41) is 11.2. The molecule has 0 spiro atoms. The van der Waals surface area contributed by atoms with E-state index in [0.717, 1.165) is 5.56 Å². The Kier molecular flexibility index (Phi) is 6.97. The van der Waals surface area contributed by atoms with Crippen LogP contribution in [-0.4, -0.2) is 34.9 Å². The smallest absolute Gasteiger partial charge is 0.295 e. The molecule has 0 saturated carbocycles. The molecule has 174 valence electrons. The number of carbonyl (C=O) groups is 2. The summed E-state index contributed by atoms with van der Waals surface area (Å²) in [5.41, 5.74) is 2.11. The highest BCUT2D eigenvalue weighted by Crippen LogP contribution is 2.40. The van der Waals surface area contributed by atoms with Gasteiger partial charge >= 0.3 is 0 Å². The maximum Gasteiger partial charge on any atom is 0.295 e. The minimum atomic E-state index is -0.734. The third kappa shape index (κ3) is 4.66. The Morgan fingerprint density at radius 3 is 1.94 bits per heavy atom. The molecule has 3 aromatic rings. The van der Waals surface area contributed by atoms with Gasteiger partial charge in [-0.25, -0.2) is 0 Å². The molecule has 6 heteroatoms. The summed E-state index contributed by atoms with van der Waals surface area (Å²) < 4.78 is 11.0. The van der Waals surface area contributed by atoms with Gasteiger partial charge in [0.25, 0.3) is 11.7 Å². The third-order valence-corrected chi connectivity index (χ3v) is 5.68. The Labute approximate surface area is 199 Å². The molecular formula is C28H27NO5. The Morgan fingerprint density at radius 2 is 1.38 bits per heavy atom. The van der Waals surface area contributed by atoms with Gasteiger partial charge in [0.1, 0.15) is 17.3 Å². The number of amides is 1. The fraction of sp³-hybridized carbons (Fsp3) is 0.214. The van der Waals surface area contributed by atoms with E-state index in [1.807, 2.05) is 56.3 Å². The second-order valence-electron chi connectivity index (χ2n) is 7.87. The van der Waals surface area contributed by atoms with Gasteiger partial charge < -0.3 is 19.5 Å². The third-order valence-electron chi connectivity index (χ3n) is 5.68. The summed E-state index contributed by atoms with van der Waals surface area (Å²) in [4.78, 5) is 27.8. The van der Waals surface area contributed by atoms with Crippen molar-refractivity contribution in [3.05, 3.63) is 101 Å². The van der Waals surface area contributed by atoms with Crippen LogP contribution in [0.4, 0.5) is 0 Å². The highest BCUT2D eigenvalue weighted by Gasteiger charge is 2.46. The molecule has 1 atom stereocenters. The van der Waals surface area contributed by atoms with E-state index in [9.17, 15) is 14.7 Å². The van der Waals surface area contributed by atoms with Crippen molar-refractivity contribution in [2.45, 2.75) is 26.4 Å². The molecule has 6 nitrogen and oxygen atoms in total. The molecule has 4 rings (SSSR count). The molecular weight excluding hydrogens is 430 g/mol. The summed E-state index contributed by atoms with van der Waals surface area (Å²) in [7, 11) is 0. The highest BCUT2D eigenvalue weighted by atomic mass is 16.5. The van der Waals surface area contributed by atoms with Gasteiger partial charge in [0.15, 0.2) is 0 Å². The standard InChI is InChI=1S/C28H27NO5/c1-3-33-22-14-10-20(11-15-22)25-24(26(30)21-12-16-23(17-13-21)34-4-2)27(31)28(32)29(25)18-19-8-6-5-7-9-19/h5-17,25,30H,3-4,18H2,1-2H3. The monoisotopic (exact) mass is 457 g/mol. The quantitative estimate of drug-likeness (QED) is 0.289. The number of benzene rings is 3. The summed E-state index contributed by atoms with van der Waals surface area (Å²) in [5.74, 6) is -0.211. The first kappa shape index (κ1) is 23.1. The van der Waals surface area contributed by atoms with E-state index < -0.39 is 17.7 Å². The minimum absolute atomic E-state index is 0.0641. The van der Waals surface area contributed by atoms with E-state index in [-0.39, 0.29) is 17.9 Å². The molecule has 1 N–H and O–H groups in total. The number of carbonyl (C=O) groups excluding carboxylic acids is 2. The Bertz CT molecular complexity index is 1180. The number of aliphatic hydroxyl groups excluding tert-OH is 1. The van der Waals surface area contributed by atoms with Gasteiger partial charge in [-0.15, -0.1) is 0 Å². The van der Waals surface area contributed by atoms with Crippen molar-refractivity contribution in [3.8, 4) is 11.5 Å². The SMILES string of the molecule is CCOc1ccc(C(O)=C2C(=O)C(=O)N(Cc3ccccc3)C2c2ccc(OCC)cc2)cc1. The van der Waals surface area contributed by atoms with Crippen LogP contribution in [0.5, 0.6) is 11.5 Å². The number of Topliss-reactive ketones (excluding diaryl/α,β-unsaturated/α-hetero) is 1. The predicted molar refractivity (Wildman–Crippen MR) is 130 cm³/mol. The molecule has 0 bridgehead atoms. The van der Waals surface area contributed by atoms with Gasteiger partial charge in [-0.1, -0.05) is 42.5 Å². The van der Waals surface area contributed by atoms with E-state index in [2.05, 4.69) is 0 Å². The lowest BCUT2D eigenvalue weighted by Gasteiger charge is -2.25. The van der Waals surface area contributed by atoms with Gasteiger partial charge in [-0.3, -0.25) is 9.59 Å². The van der Waals surface area contributed by atoms with Gasteiger partial charge in [0.2, 0.25) is 0 Å². The van der Waals surface area contributed by atoms with Crippen LogP contribution in [0.15, 0.2) is 84.4 Å². The van der Waals surface area contributed by atoms with E-state index in [4.69, 9.17) is 9.47 Å². The molecule has 34 heavy (non-hydrogen) atoms. The number of rotatable bonds is 8. The number of ether oxygens (including phenoxy) is 2. The molecule has 1 heterocycles. The van der Waals surface area contributed by atoms with Crippen LogP contribution in [0, 0.1) is 0 Å². The zero-order chi connectivity index (χ0) is 24.1. The summed E-state index contributed by atoms with van der Waals surface area (Å²) in [6.07, 6.45) is 0. The number of aliphatic hydroxyl groups is 1. The van der Waals surface area contributed by atoms with Crippen LogP contribution >= 0.6 is 0 Å². The molecule has 0 aliphatic carbocycles. The maximum atomic E-state index is 13.2. The van der Waals surface area contributed by atoms with Crippen molar-refractivity contribution in [1.82, 2.24) is 4.90 Å². The van der Waals surface area contributed by atoms with Crippen molar-refractivity contribution < 1.29 is 24.2 Å². The van der Waals surface area contributed by atoms with E-state index >= 15 is 0 Å². The van der Waals surface area contributed by atoms with Crippen molar-refractivity contribution in [2.24, 2.45) is 0 Å². The molecule has 1 unspecified atom stereocenters. The average Bonchev–Trinajstić information content (AvgIpc) is 3.10. The molecule has 0 radical (unpaired) electrons. The summed E-state index contributed by atoms with van der Waals surface area (Å²) in [6.45, 7) is 5.08. The minimum Gasteiger partial charge on any atom is -0.507 e. The van der Waals surface area contributed by atoms with Crippen LogP contribution < -0.4 is 9.47 Å². The maximum absolute atomic E-state index is 13.2. The lowest BCUT2D eigenvalue weighted by molar-refractivity contribution is -0.140. The van der Waals surface area contributed by atoms with Gasteiger partial charge in [-0.05, 0) is 61.4 Å². The zero-order valence-electron chi connectivity index (χ0n) is 19.2. The fourth-order valence-electron chi connectivity index (χ4n) is 4.11. The highest BCUT2D eigenvalue weighted by molar-refractivity contribution is 6.46. The first-order valence-electron chi connectivity index (χ1n) is 11.3. The second-order valence-corrected chi connectivity index (χ2v) is 7.87. The van der Waals surface area contributed by atoms with Crippen LogP contribution in [0.1, 0.15) is 36.6 Å². The number of nitrogens with zero attached hydrogens (tertiary/aromatic N) is 1. The lowest BCUT2D eigenvalue weighted by atomic mass is 9.95. The van der Waals surface area contributed by atoms with Crippen LogP contribution in [0.2, 0.25) is 0 Å². The van der Waals surface area contributed by atoms with Crippen LogP contribution in [0.25, 0.3) is 5.76 Å². The van der Waals surface area contributed by atoms with E-state index in [0.29, 0.717) is 35.8 Å². The normalized spacial score (nSPS) is 17.1. The Hall–Kier alpha value is -4.06. The summed E-state index contributed by atoms with van der Waals surface area (Å²) >= 11 is 0. The number of ketones is 1. The molecule has 1 saturated heterocycles. The first-order valence-corrected chi connectivity index (χ1v) is 11.3. The lowest BCUT2D eigenvalue weighted by Crippen LogP contribution is -2.29. The van der Waals surface area contributed by atoms with Crippen molar-refractivity contribution in [3.63, 3.8) is 0 Å². The van der Waals surface area contributed by atoms with Crippen molar-refractivity contribution >= 4 is 17.4 Å². The van der Waals surface area contributed by atoms with Crippen molar-refractivity contribution in [2.75, 3.05) is 13.2 Å². The van der Waals surface area contributed by atoms with Gasteiger partial charge in [-0.2, -0.15) is 0 Å². The molecule has 1 aliphatic heterocycles. The molecule has 3 aromatic carbocycles. The predicted octanol–water partition coefficient (Wildman–Crippen LogP) is 5.11. The largest absolute Gasteiger partial charge is 0.507 e. The van der Waals surface area contributed by atoms with Gasteiger partial charge in [0, 0.05) is 12.1 Å². The van der Waals surface area contributed by atoms with Crippen LogP contribution in [-0.2, 0) is 16.1 Å². The molecule has 1 aliphatic rings. The molecule has 1 amide bonds.